The van der Waals surface area contributed by atoms with E-state index in [2.05, 4.69) is 5.32 Å². The molecule has 0 saturated carbocycles. The minimum absolute atomic E-state index is 0.0669. The zero-order chi connectivity index (χ0) is 13.9. The van der Waals surface area contributed by atoms with E-state index in [9.17, 15) is 9.59 Å². The average molecular weight is 272 g/mol. The number of halogens is 1. The smallest absolute Gasteiger partial charge is 0.337 e. The van der Waals surface area contributed by atoms with Gasteiger partial charge in [0.25, 0.3) is 5.91 Å². The third-order valence-electron chi connectivity index (χ3n) is 2.52. The van der Waals surface area contributed by atoms with Gasteiger partial charge in [-0.1, -0.05) is 11.6 Å². The van der Waals surface area contributed by atoms with Crippen molar-refractivity contribution in [3.05, 3.63) is 28.8 Å². The Labute approximate surface area is 110 Å². The van der Waals surface area contributed by atoms with Crippen LogP contribution in [-0.4, -0.2) is 29.7 Å². The number of methoxy groups -OCH3 is 1. The van der Waals surface area contributed by atoms with E-state index in [1.165, 1.54) is 25.3 Å². The number of carbonyl (C=O) groups is 2. The number of hydrogen-bond donors (Lipinski definition) is 2. The fourth-order valence-corrected chi connectivity index (χ4v) is 1.34. The summed E-state index contributed by atoms with van der Waals surface area (Å²) in [4.78, 5) is 22.9. The maximum absolute atomic E-state index is 11.9. The molecular formula is C12H14ClNO4. The molecule has 0 spiro atoms. The number of aromatic carboxylic acids is 1. The van der Waals surface area contributed by atoms with E-state index in [-0.39, 0.29) is 16.3 Å². The standard InChI is InChI=1S/C12H14ClNO4/c1-12(2,18-3)11(17)14-9-5-4-7(13)6-8(9)10(15)16/h4-6H,1-3H3,(H,14,17)(H,15,16). The van der Waals surface area contributed by atoms with Crippen LogP contribution in [0.2, 0.25) is 5.02 Å². The summed E-state index contributed by atoms with van der Waals surface area (Å²) in [6.45, 7) is 3.16. The Morgan fingerprint density at radius 2 is 2.00 bits per heavy atom. The summed E-state index contributed by atoms with van der Waals surface area (Å²) in [5, 5.41) is 11.8. The van der Waals surface area contributed by atoms with Crippen LogP contribution in [0.4, 0.5) is 5.69 Å². The summed E-state index contributed by atoms with van der Waals surface area (Å²) in [6, 6.07) is 4.22. The van der Waals surface area contributed by atoms with Crippen molar-refractivity contribution in [1.82, 2.24) is 0 Å². The van der Waals surface area contributed by atoms with E-state index in [0.717, 1.165) is 0 Å². The van der Waals surface area contributed by atoms with Crippen molar-refractivity contribution in [2.24, 2.45) is 0 Å². The number of amides is 1. The number of carbonyl (C=O) groups excluding carboxylic acids is 1. The molecule has 1 amide bonds. The molecule has 0 fully saturated rings. The number of nitrogens with one attached hydrogen (secondary N) is 1. The summed E-state index contributed by atoms with van der Waals surface area (Å²) < 4.78 is 5.01. The highest BCUT2D eigenvalue weighted by Gasteiger charge is 2.28. The number of hydrogen-bond acceptors (Lipinski definition) is 3. The molecule has 18 heavy (non-hydrogen) atoms. The van der Waals surface area contributed by atoms with E-state index in [0.29, 0.717) is 0 Å². The Hall–Kier alpha value is -1.59. The van der Waals surface area contributed by atoms with E-state index < -0.39 is 17.5 Å². The normalized spacial score (nSPS) is 11.1. The second-order valence-corrected chi connectivity index (χ2v) is 4.60. The highest BCUT2D eigenvalue weighted by Crippen LogP contribution is 2.22. The number of rotatable bonds is 4. The van der Waals surface area contributed by atoms with Crippen molar-refractivity contribution in [3.63, 3.8) is 0 Å². The SMILES string of the molecule is COC(C)(C)C(=O)Nc1ccc(Cl)cc1C(=O)O. The fourth-order valence-electron chi connectivity index (χ4n) is 1.17. The quantitative estimate of drug-likeness (QED) is 0.882. The summed E-state index contributed by atoms with van der Waals surface area (Å²) in [5.41, 5.74) is -0.931. The van der Waals surface area contributed by atoms with E-state index >= 15 is 0 Å². The van der Waals surface area contributed by atoms with Crippen LogP contribution in [-0.2, 0) is 9.53 Å². The van der Waals surface area contributed by atoms with Crippen molar-refractivity contribution in [2.45, 2.75) is 19.4 Å². The van der Waals surface area contributed by atoms with Gasteiger partial charge in [0, 0.05) is 12.1 Å². The lowest BCUT2D eigenvalue weighted by Crippen LogP contribution is -2.39. The number of carboxylic acids is 1. The highest BCUT2D eigenvalue weighted by molar-refractivity contribution is 6.31. The molecule has 0 aliphatic heterocycles. The molecule has 0 saturated heterocycles. The Bertz CT molecular complexity index is 485. The van der Waals surface area contributed by atoms with Gasteiger partial charge in [-0.25, -0.2) is 4.79 Å². The number of carboxylic acid groups (broad SMARTS) is 1. The topological polar surface area (TPSA) is 75.6 Å². The van der Waals surface area contributed by atoms with Gasteiger partial charge in [0.1, 0.15) is 5.60 Å². The zero-order valence-corrected chi connectivity index (χ0v) is 11.0. The Kier molecular flexibility index (Phi) is 4.32. The molecule has 0 radical (unpaired) electrons. The molecule has 0 atom stereocenters. The van der Waals surface area contributed by atoms with Crippen LogP contribution in [0.15, 0.2) is 18.2 Å². The molecule has 1 rings (SSSR count). The molecule has 1 aromatic rings. The molecule has 0 heterocycles. The van der Waals surface area contributed by atoms with Crippen molar-refractivity contribution >= 4 is 29.2 Å². The predicted octanol–water partition coefficient (Wildman–Crippen LogP) is 2.40. The fraction of sp³-hybridized carbons (Fsp3) is 0.333. The second-order valence-electron chi connectivity index (χ2n) is 4.16. The Balaban J connectivity index is 3.05. The van der Waals surface area contributed by atoms with Crippen molar-refractivity contribution < 1.29 is 19.4 Å². The van der Waals surface area contributed by atoms with Gasteiger partial charge in [0.05, 0.1) is 11.3 Å². The van der Waals surface area contributed by atoms with Gasteiger partial charge >= 0.3 is 5.97 Å². The molecule has 0 bridgehead atoms. The van der Waals surface area contributed by atoms with Gasteiger partial charge in [0.2, 0.25) is 0 Å². The van der Waals surface area contributed by atoms with E-state index in [1.807, 2.05) is 0 Å². The third-order valence-corrected chi connectivity index (χ3v) is 2.75. The minimum Gasteiger partial charge on any atom is -0.478 e. The summed E-state index contributed by atoms with van der Waals surface area (Å²) in [7, 11) is 1.40. The lowest BCUT2D eigenvalue weighted by molar-refractivity contribution is -0.133. The number of ether oxygens (including phenoxy) is 1. The average Bonchev–Trinajstić information content (AvgIpc) is 2.31. The molecule has 0 aliphatic carbocycles. The largest absolute Gasteiger partial charge is 0.478 e. The molecule has 98 valence electrons. The Morgan fingerprint density at radius 3 is 2.50 bits per heavy atom. The van der Waals surface area contributed by atoms with Gasteiger partial charge in [-0.05, 0) is 32.0 Å². The second kappa shape index (κ2) is 5.37. The molecule has 1 aromatic carbocycles. The van der Waals surface area contributed by atoms with Crippen molar-refractivity contribution in [2.75, 3.05) is 12.4 Å². The summed E-state index contributed by atoms with van der Waals surface area (Å²) in [6.07, 6.45) is 0. The highest BCUT2D eigenvalue weighted by atomic mass is 35.5. The van der Waals surface area contributed by atoms with Crippen LogP contribution in [0.25, 0.3) is 0 Å². The van der Waals surface area contributed by atoms with Gasteiger partial charge in [0.15, 0.2) is 0 Å². The van der Waals surface area contributed by atoms with E-state index in [4.69, 9.17) is 21.4 Å². The number of benzene rings is 1. The van der Waals surface area contributed by atoms with Gasteiger partial charge in [-0.3, -0.25) is 4.79 Å². The predicted molar refractivity (Wildman–Crippen MR) is 68.1 cm³/mol. The first-order valence-corrected chi connectivity index (χ1v) is 5.55. The molecular weight excluding hydrogens is 258 g/mol. The minimum atomic E-state index is -1.16. The zero-order valence-electron chi connectivity index (χ0n) is 10.3. The lowest BCUT2D eigenvalue weighted by atomic mass is 10.1. The maximum atomic E-state index is 11.9. The first-order chi connectivity index (χ1) is 8.27. The van der Waals surface area contributed by atoms with Crippen LogP contribution in [0.5, 0.6) is 0 Å². The van der Waals surface area contributed by atoms with Crippen LogP contribution in [0.1, 0.15) is 24.2 Å². The summed E-state index contributed by atoms with van der Waals surface area (Å²) >= 11 is 5.71. The molecule has 6 heteroatoms. The molecule has 2 N–H and O–H groups in total. The van der Waals surface area contributed by atoms with Crippen molar-refractivity contribution in [1.29, 1.82) is 0 Å². The molecule has 5 nitrogen and oxygen atoms in total. The van der Waals surface area contributed by atoms with Gasteiger partial charge < -0.3 is 15.2 Å². The molecule has 0 aliphatic rings. The number of anilines is 1. The van der Waals surface area contributed by atoms with Crippen LogP contribution in [0.3, 0.4) is 0 Å². The molecule has 0 unspecified atom stereocenters. The van der Waals surface area contributed by atoms with Gasteiger partial charge in [-0.15, -0.1) is 0 Å². The monoisotopic (exact) mass is 271 g/mol. The third kappa shape index (κ3) is 3.21. The van der Waals surface area contributed by atoms with E-state index in [1.54, 1.807) is 13.8 Å². The van der Waals surface area contributed by atoms with Crippen LogP contribution in [0, 0.1) is 0 Å². The summed E-state index contributed by atoms with van der Waals surface area (Å²) in [5.74, 6) is -1.60. The first kappa shape index (κ1) is 14.5. The first-order valence-electron chi connectivity index (χ1n) is 5.17. The van der Waals surface area contributed by atoms with Crippen LogP contribution < -0.4 is 5.32 Å². The van der Waals surface area contributed by atoms with Gasteiger partial charge in [-0.2, -0.15) is 0 Å². The van der Waals surface area contributed by atoms with Crippen molar-refractivity contribution in [3.8, 4) is 0 Å². The lowest BCUT2D eigenvalue weighted by Gasteiger charge is -2.22. The molecule has 0 aromatic heterocycles. The van der Waals surface area contributed by atoms with Crippen LogP contribution >= 0.6 is 11.6 Å². The Morgan fingerprint density at radius 1 is 1.39 bits per heavy atom. The maximum Gasteiger partial charge on any atom is 0.337 e.